The summed E-state index contributed by atoms with van der Waals surface area (Å²) in [5.74, 6) is -0.508. The first-order chi connectivity index (χ1) is 15.1. The van der Waals surface area contributed by atoms with Crippen LogP contribution in [0.25, 0.3) is 0 Å². The number of hydrogen-bond donors (Lipinski definition) is 0. The second kappa shape index (κ2) is 19.3. The van der Waals surface area contributed by atoms with Crippen molar-refractivity contribution in [3.8, 4) is 0 Å². The summed E-state index contributed by atoms with van der Waals surface area (Å²) in [5, 5.41) is 0. The molecule has 0 unspecified atom stereocenters. The Kier molecular flexibility index (Phi) is 17.3. The van der Waals surface area contributed by atoms with E-state index in [1.54, 1.807) is 0 Å². The summed E-state index contributed by atoms with van der Waals surface area (Å²) in [6.45, 7) is 2.99. The van der Waals surface area contributed by atoms with Gasteiger partial charge in [-0.3, -0.25) is 9.59 Å². The van der Waals surface area contributed by atoms with Crippen molar-refractivity contribution in [3.05, 3.63) is 34.3 Å². The monoisotopic (exact) mass is 496 g/mol. The van der Waals surface area contributed by atoms with Crippen molar-refractivity contribution in [1.29, 1.82) is 0 Å². The van der Waals surface area contributed by atoms with Crippen molar-refractivity contribution in [3.63, 3.8) is 0 Å². The maximum absolute atomic E-state index is 11.8. The van der Waals surface area contributed by atoms with Crippen molar-refractivity contribution in [2.75, 3.05) is 6.61 Å². The van der Waals surface area contributed by atoms with Crippen LogP contribution in [0.2, 0.25) is 0 Å². The number of rotatable bonds is 19. The first kappa shape index (κ1) is 27.7. The van der Waals surface area contributed by atoms with Crippen LogP contribution >= 0.6 is 15.9 Å². The van der Waals surface area contributed by atoms with E-state index >= 15 is 0 Å². The zero-order chi connectivity index (χ0) is 22.6. The van der Waals surface area contributed by atoms with Gasteiger partial charge in [0.15, 0.2) is 0 Å². The van der Waals surface area contributed by atoms with E-state index < -0.39 is 0 Å². The van der Waals surface area contributed by atoms with Gasteiger partial charge >= 0.3 is 11.9 Å². The number of ether oxygens (including phenoxy) is 2. The third kappa shape index (κ3) is 16.0. The fraction of sp³-hybridized carbons (Fsp3) is 0.692. The van der Waals surface area contributed by atoms with Crippen molar-refractivity contribution >= 4 is 27.9 Å². The van der Waals surface area contributed by atoms with E-state index in [1.807, 2.05) is 24.3 Å². The predicted octanol–water partition coefficient (Wildman–Crippen LogP) is 7.91. The highest BCUT2D eigenvalue weighted by molar-refractivity contribution is 9.10. The minimum Gasteiger partial charge on any atom is -0.466 e. The average Bonchev–Trinajstić information content (AvgIpc) is 2.76. The minimum atomic E-state index is -0.287. The third-order valence-electron chi connectivity index (χ3n) is 5.37. The first-order valence-electron chi connectivity index (χ1n) is 12.2. The van der Waals surface area contributed by atoms with Crippen LogP contribution in [-0.2, 0) is 25.7 Å². The molecule has 31 heavy (non-hydrogen) atoms. The summed E-state index contributed by atoms with van der Waals surface area (Å²) < 4.78 is 11.4. The van der Waals surface area contributed by atoms with Crippen LogP contribution in [-0.4, -0.2) is 18.5 Å². The molecule has 0 aliphatic rings. The molecule has 1 aromatic rings. The summed E-state index contributed by atoms with van der Waals surface area (Å²) in [6.07, 6.45) is 16.4. The SMILES string of the molecule is CCCCCCCCCCCCCCOC(=O)CCCC(=O)OCc1ccccc1Br. The van der Waals surface area contributed by atoms with Crippen LogP contribution in [0.15, 0.2) is 28.7 Å². The molecule has 0 aromatic heterocycles. The normalized spacial score (nSPS) is 10.8. The Bertz CT molecular complexity index is 603. The highest BCUT2D eigenvalue weighted by atomic mass is 79.9. The lowest BCUT2D eigenvalue weighted by Gasteiger charge is -2.07. The van der Waals surface area contributed by atoms with E-state index in [0.29, 0.717) is 13.0 Å². The molecule has 176 valence electrons. The Labute approximate surface area is 197 Å². The number of benzene rings is 1. The van der Waals surface area contributed by atoms with Gasteiger partial charge in [0.05, 0.1) is 6.61 Å². The summed E-state index contributed by atoms with van der Waals surface area (Å²) in [6, 6.07) is 7.64. The Morgan fingerprint density at radius 2 is 1.23 bits per heavy atom. The lowest BCUT2D eigenvalue weighted by molar-refractivity contribution is -0.146. The largest absolute Gasteiger partial charge is 0.466 e. The van der Waals surface area contributed by atoms with Crippen LogP contribution in [0.5, 0.6) is 0 Å². The zero-order valence-corrected chi connectivity index (χ0v) is 20.9. The molecule has 0 bridgehead atoms. The molecule has 0 saturated heterocycles. The standard InChI is InChI=1S/C26H41BrO4/c1-2-3-4-5-6-7-8-9-10-11-12-15-21-30-25(28)19-16-20-26(29)31-22-23-17-13-14-18-24(23)27/h13-14,17-18H,2-12,15-16,19-22H2,1H3. The molecule has 0 spiro atoms. The third-order valence-corrected chi connectivity index (χ3v) is 6.14. The van der Waals surface area contributed by atoms with E-state index in [2.05, 4.69) is 22.9 Å². The maximum Gasteiger partial charge on any atom is 0.306 e. The van der Waals surface area contributed by atoms with Crippen LogP contribution in [0.3, 0.4) is 0 Å². The van der Waals surface area contributed by atoms with Crippen LogP contribution in [0, 0.1) is 0 Å². The molecule has 0 fully saturated rings. The molecule has 1 rings (SSSR count). The molecular weight excluding hydrogens is 456 g/mol. The average molecular weight is 498 g/mol. The van der Waals surface area contributed by atoms with Gasteiger partial charge in [-0.25, -0.2) is 0 Å². The molecule has 0 N–H and O–H groups in total. The molecule has 5 heteroatoms. The fourth-order valence-electron chi connectivity index (χ4n) is 3.42. The van der Waals surface area contributed by atoms with E-state index in [9.17, 15) is 9.59 Å². The first-order valence-corrected chi connectivity index (χ1v) is 13.0. The quantitative estimate of drug-likeness (QED) is 0.144. The molecule has 0 radical (unpaired) electrons. The maximum atomic E-state index is 11.8. The smallest absolute Gasteiger partial charge is 0.306 e. The number of halogens is 1. The van der Waals surface area contributed by atoms with E-state index in [1.165, 1.54) is 64.2 Å². The van der Waals surface area contributed by atoms with Gasteiger partial charge in [-0.15, -0.1) is 0 Å². The lowest BCUT2D eigenvalue weighted by Crippen LogP contribution is -2.09. The van der Waals surface area contributed by atoms with Gasteiger partial charge in [-0.05, 0) is 18.9 Å². The van der Waals surface area contributed by atoms with E-state index in [4.69, 9.17) is 9.47 Å². The number of unbranched alkanes of at least 4 members (excludes halogenated alkanes) is 11. The molecular formula is C26H41BrO4. The van der Waals surface area contributed by atoms with E-state index in [-0.39, 0.29) is 31.4 Å². The molecule has 0 aliphatic heterocycles. The Morgan fingerprint density at radius 3 is 1.81 bits per heavy atom. The summed E-state index contributed by atoms with van der Waals surface area (Å²) in [5.41, 5.74) is 0.928. The highest BCUT2D eigenvalue weighted by Gasteiger charge is 2.08. The van der Waals surface area contributed by atoms with Crippen molar-refractivity contribution in [2.45, 2.75) is 110 Å². The van der Waals surface area contributed by atoms with Gasteiger partial charge in [0.25, 0.3) is 0 Å². The molecule has 0 atom stereocenters. The molecule has 0 heterocycles. The van der Waals surface area contributed by atoms with Crippen LogP contribution < -0.4 is 0 Å². The van der Waals surface area contributed by atoms with Gasteiger partial charge < -0.3 is 9.47 Å². The second-order valence-electron chi connectivity index (χ2n) is 8.22. The molecule has 0 saturated carbocycles. The molecule has 1 aromatic carbocycles. The number of carbonyl (C=O) groups is 2. The van der Waals surface area contributed by atoms with E-state index in [0.717, 1.165) is 22.9 Å². The highest BCUT2D eigenvalue weighted by Crippen LogP contribution is 2.17. The van der Waals surface area contributed by atoms with Gasteiger partial charge in [0.2, 0.25) is 0 Å². The van der Waals surface area contributed by atoms with Crippen molar-refractivity contribution in [1.82, 2.24) is 0 Å². The van der Waals surface area contributed by atoms with Crippen molar-refractivity contribution < 1.29 is 19.1 Å². The summed E-state index contributed by atoms with van der Waals surface area (Å²) in [4.78, 5) is 23.6. The minimum absolute atomic E-state index is 0.221. The van der Waals surface area contributed by atoms with Gasteiger partial charge in [-0.1, -0.05) is 112 Å². The fourth-order valence-corrected chi connectivity index (χ4v) is 3.82. The van der Waals surface area contributed by atoms with Crippen LogP contribution in [0.1, 0.15) is 109 Å². The number of carbonyl (C=O) groups excluding carboxylic acids is 2. The Balaban J connectivity index is 1.87. The van der Waals surface area contributed by atoms with Gasteiger partial charge in [0, 0.05) is 22.9 Å². The van der Waals surface area contributed by atoms with Crippen LogP contribution in [0.4, 0.5) is 0 Å². The number of esters is 2. The molecule has 4 nitrogen and oxygen atoms in total. The Hall–Kier alpha value is -1.36. The Morgan fingerprint density at radius 1 is 0.710 bits per heavy atom. The van der Waals surface area contributed by atoms with Crippen molar-refractivity contribution in [2.24, 2.45) is 0 Å². The topological polar surface area (TPSA) is 52.6 Å². The summed E-state index contributed by atoms with van der Waals surface area (Å²) >= 11 is 3.43. The summed E-state index contributed by atoms with van der Waals surface area (Å²) in [7, 11) is 0. The number of hydrogen-bond acceptors (Lipinski definition) is 4. The lowest BCUT2D eigenvalue weighted by atomic mass is 10.1. The van der Waals surface area contributed by atoms with Gasteiger partial charge in [-0.2, -0.15) is 0 Å². The molecule has 0 aliphatic carbocycles. The predicted molar refractivity (Wildman–Crippen MR) is 130 cm³/mol. The van der Waals surface area contributed by atoms with Gasteiger partial charge in [0.1, 0.15) is 6.61 Å². The molecule has 0 amide bonds. The zero-order valence-electron chi connectivity index (χ0n) is 19.3. The second-order valence-corrected chi connectivity index (χ2v) is 9.07.